The van der Waals surface area contributed by atoms with Gasteiger partial charge in [0.15, 0.2) is 0 Å². The monoisotopic (exact) mass is 326 g/mol. The maximum atomic E-state index is 12.4. The van der Waals surface area contributed by atoms with Gasteiger partial charge in [0.1, 0.15) is 11.1 Å². The molecule has 6 nitrogen and oxygen atoms in total. The fourth-order valence-electron chi connectivity index (χ4n) is 3.18. The largest absolute Gasteiger partial charge is 0.393 e. The lowest BCUT2D eigenvalue weighted by Gasteiger charge is -2.23. The van der Waals surface area contributed by atoms with Gasteiger partial charge in [-0.1, -0.05) is 0 Å². The zero-order valence-corrected chi connectivity index (χ0v) is 13.5. The zero-order valence-electron chi connectivity index (χ0n) is 12.7. The molecule has 2 aliphatic rings. The van der Waals surface area contributed by atoms with Crippen LogP contribution in [0, 0.1) is 0 Å². The Labute approximate surface area is 131 Å². The van der Waals surface area contributed by atoms with E-state index < -0.39 is 10.0 Å². The average molecular weight is 326 g/mol. The molecule has 1 aromatic heterocycles. The van der Waals surface area contributed by atoms with E-state index in [1.807, 2.05) is 0 Å². The summed E-state index contributed by atoms with van der Waals surface area (Å²) in [5.74, 6) is 0.821. The van der Waals surface area contributed by atoms with Crippen molar-refractivity contribution in [2.45, 2.75) is 55.6 Å². The maximum Gasteiger partial charge on any atom is 0.272 e. The van der Waals surface area contributed by atoms with Crippen LogP contribution in [0.4, 0.5) is 5.82 Å². The van der Waals surface area contributed by atoms with Crippen LogP contribution in [-0.2, 0) is 10.0 Å². The lowest BCUT2D eigenvalue weighted by atomic mass is 9.93. The van der Waals surface area contributed by atoms with Crippen molar-refractivity contribution >= 4 is 15.8 Å². The van der Waals surface area contributed by atoms with Crippen LogP contribution in [0.2, 0.25) is 0 Å². The highest BCUT2D eigenvalue weighted by atomic mass is 32.2. The quantitative estimate of drug-likeness (QED) is 0.864. The van der Waals surface area contributed by atoms with Gasteiger partial charge < -0.3 is 5.11 Å². The summed E-state index contributed by atoms with van der Waals surface area (Å²) in [7, 11) is -3.35. The van der Waals surface area contributed by atoms with Gasteiger partial charge in [0.05, 0.1) is 12.1 Å². The number of hydrogen-bond acceptors (Lipinski definition) is 4. The van der Waals surface area contributed by atoms with Crippen LogP contribution >= 0.6 is 0 Å². The number of aliphatic hydroxyl groups excluding tert-OH is 1. The standard InChI is InChI=1S/C15H23N3O3S/c19-13-5-3-12(4-6-13)17-15-8-7-14(11-16-15)22(20,21)18-9-1-2-10-18/h7-8,11-13,19H,1-6,9-10H2,(H,16,17)/p+1. The van der Waals surface area contributed by atoms with Crippen LogP contribution in [0.15, 0.2) is 23.2 Å². The Bertz CT molecular complexity index is 589. The Kier molecular flexibility index (Phi) is 4.65. The molecule has 2 fully saturated rings. The predicted octanol–water partition coefficient (Wildman–Crippen LogP) is 1.00. The molecule has 2 heterocycles. The SMILES string of the molecule is O=S(=O)(c1ccc(NC2CCC(O)CC2)[nH+]c1)N1CCCC1. The van der Waals surface area contributed by atoms with Gasteiger partial charge in [-0.25, -0.2) is 13.4 Å². The van der Waals surface area contributed by atoms with Crippen molar-refractivity contribution in [3.63, 3.8) is 0 Å². The predicted molar refractivity (Wildman–Crippen MR) is 82.9 cm³/mol. The molecule has 1 aliphatic carbocycles. The van der Waals surface area contributed by atoms with Crippen LogP contribution in [-0.4, -0.2) is 43.1 Å². The molecule has 1 saturated heterocycles. The Hall–Kier alpha value is -1.18. The topological polar surface area (TPSA) is 83.8 Å². The van der Waals surface area contributed by atoms with E-state index in [0.717, 1.165) is 44.3 Å². The summed E-state index contributed by atoms with van der Waals surface area (Å²) < 4.78 is 26.4. The summed E-state index contributed by atoms with van der Waals surface area (Å²) in [5.41, 5.74) is 0. The minimum Gasteiger partial charge on any atom is -0.393 e. The van der Waals surface area contributed by atoms with Crippen molar-refractivity contribution in [1.82, 2.24) is 4.31 Å². The first-order valence-electron chi connectivity index (χ1n) is 8.02. The van der Waals surface area contributed by atoms with Crippen molar-refractivity contribution in [2.75, 3.05) is 18.4 Å². The molecular formula is C15H24N3O3S+. The summed E-state index contributed by atoms with van der Waals surface area (Å²) in [5, 5.41) is 12.9. The first-order chi connectivity index (χ1) is 10.6. The second kappa shape index (κ2) is 6.52. The summed E-state index contributed by atoms with van der Waals surface area (Å²) >= 11 is 0. The molecule has 0 amide bonds. The molecule has 0 bridgehead atoms. The molecule has 0 aromatic carbocycles. The molecule has 7 heteroatoms. The Morgan fingerprint density at radius 1 is 1.14 bits per heavy atom. The molecular weight excluding hydrogens is 302 g/mol. The molecule has 0 unspecified atom stereocenters. The van der Waals surface area contributed by atoms with Gasteiger partial charge in [0, 0.05) is 19.2 Å². The highest BCUT2D eigenvalue weighted by Gasteiger charge is 2.28. The lowest BCUT2D eigenvalue weighted by Crippen LogP contribution is -2.31. The number of aliphatic hydroxyl groups is 1. The molecule has 3 N–H and O–H groups in total. The number of rotatable bonds is 4. The maximum absolute atomic E-state index is 12.4. The third-order valence-corrected chi connectivity index (χ3v) is 6.44. The van der Waals surface area contributed by atoms with Crippen LogP contribution < -0.4 is 10.3 Å². The van der Waals surface area contributed by atoms with Crippen LogP contribution in [0.25, 0.3) is 0 Å². The molecule has 0 radical (unpaired) electrons. The normalized spacial score (nSPS) is 27.0. The van der Waals surface area contributed by atoms with E-state index in [2.05, 4.69) is 10.3 Å². The van der Waals surface area contributed by atoms with Crippen molar-refractivity contribution in [3.8, 4) is 0 Å². The molecule has 0 atom stereocenters. The average Bonchev–Trinajstić information content (AvgIpc) is 3.05. The van der Waals surface area contributed by atoms with Crippen molar-refractivity contribution in [3.05, 3.63) is 18.3 Å². The van der Waals surface area contributed by atoms with E-state index in [1.165, 1.54) is 0 Å². The molecule has 122 valence electrons. The highest BCUT2D eigenvalue weighted by Crippen LogP contribution is 2.22. The van der Waals surface area contributed by atoms with E-state index in [9.17, 15) is 13.5 Å². The van der Waals surface area contributed by atoms with Crippen LogP contribution in [0.5, 0.6) is 0 Å². The van der Waals surface area contributed by atoms with E-state index in [-0.39, 0.29) is 6.10 Å². The molecule has 0 spiro atoms. The van der Waals surface area contributed by atoms with Crippen LogP contribution in [0.1, 0.15) is 38.5 Å². The van der Waals surface area contributed by atoms with Gasteiger partial charge in [0.2, 0.25) is 10.0 Å². The number of aromatic amines is 1. The Morgan fingerprint density at radius 2 is 1.82 bits per heavy atom. The molecule has 1 aliphatic heterocycles. The first kappa shape index (κ1) is 15.7. The minimum atomic E-state index is -3.35. The number of hydrogen-bond donors (Lipinski definition) is 2. The number of sulfonamides is 1. The van der Waals surface area contributed by atoms with Crippen LogP contribution in [0.3, 0.4) is 0 Å². The number of aromatic nitrogens is 1. The smallest absolute Gasteiger partial charge is 0.272 e. The van der Waals surface area contributed by atoms with Crippen molar-refractivity contribution < 1.29 is 18.5 Å². The van der Waals surface area contributed by atoms with E-state index in [0.29, 0.717) is 24.0 Å². The van der Waals surface area contributed by atoms with Gasteiger partial charge in [0.25, 0.3) is 5.82 Å². The summed E-state index contributed by atoms with van der Waals surface area (Å²) in [6.45, 7) is 1.24. The van der Waals surface area contributed by atoms with Gasteiger partial charge in [-0.15, -0.1) is 0 Å². The fourth-order valence-corrected chi connectivity index (χ4v) is 4.66. The Balaban J connectivity index is 1.65. The summed E-state index contributed by atoms with van der Waals surface area (Å²) in [4.78, 5) is 3.36. The highest BCUT2D eigenvalue weighted by molar-refractivity contribution is 7.89. The number of nitrogens with zero attached hydrogens (tertiary/aromatic N) is 1. The molecule has 3 rings (SSSR count). The van der Waals surface area contributed by atoms with Gasteiger partial charge >= 0.3 is 0 Å². The lowest BCUT2D eigenvalue weighted by molar-refractivity contribution is -0.364. The number of pyridine rings is 1. The van der Waals surface area contributed by atoms with Gasteiger partial charge in [-0.2, -0.15) is 4.31 Å². The number of H-pyrrole nitrogens is 1. The molecule has 1 saturated carbocycles. The second-order valence-corrected chi connectivity index (χ2v) is 8.14. The Morgan fingerprint density at radius 3 is 2.41 bits per heavy atom. The number of nitrogens with one attached hydrogen (secondary N) is 2. The molecule has 22 heavy (non-hydrogen) atoms. The third-order valence-electron chi connectivity index (χ3n) is 4.54. The second-order valence-electron chi connectivity index (χ2n) is 6.20. The summed E-state index contributed by atoms with van der Waals surface area (Å²) in [6.07, 6.45) is 6.78. The number of anilines is 1. The van der Waals surface area contributed by atoms with Crippen molar-refractivity contribution in [1.29, 1.82) is 0 Å². The van der Waals surface area contributed by atoms with E-state index in [1.54, 1.807) is 22.6 Å². The molecule has 1 aromatic rings. The minimum absolute atomic E-state index is 0.171. The third kappa shape index (κ3) is 3.42. The fraction of sp³-hybridized carbons (Fsp3) is 0.667. The first-order valence-corrected chi connectivity index (χ1v) is 9.46. The van der Waals surface area contributed by atoms with Gasteiger partial charge in [-0.3, -0.25) is 5.32 Å². The van der Waals surface area contributed by atoms with Gasteiger partial charge in [-0.05, 0) is 44.6 Å². The van der Waals surface area contributed by atoms with E-state index >= 15 is 0 Å². The van der Waals surface area contributed by atoms with E-state index in [4.69, 9.17) is 0 Å². The zero-order chi connectivity index (χ0) is 15.6. The summed E-state index contributed by atoms with van der Waals surface area (Å²) in [6, 6.07) is 3.78. The van der Waals surface area contributed by atoms with Crippen molar-refractivity contribution in [2.24, 2.45) is 0 Å².